The van der Waals surface area contributed by atoms with E-state index in [4.69, 9.17) is 9.25 Å². The fourth-order valence-electron chi connectivity index (χ4n) is 2.27. The Morgan fingerprint density at radius 1 is 1.23 bits per heavy atom. The highest BCUT2D eigenvalue weighted by molar-refractivity contribution is 5.82. The number of hydroxylamine groups is 1. The number of hydrogen-bond donors (Lipinski definition) is 1. The number of likely N-dealkylation sites (N-methyl/N-ethyl adjacent to an activating group) is 1. The number of carbonyl (C=O) groups is 1. The van der Waals surface area contributed by atoms with E-state index in [2.05, 4.69) is 5.48 Å². The van der Waals surface area contributed by atoms with Gasteiger partial charge in [-0.25, -0.2) is 5.48 Å². The molecule has 1 aromatic carbocycles. The standard InChI is InChI=1S/C17H22N2O3/c1-19(2)16(14-8-4-3-5-9-14)17(20)18-22-13-7-11-15-10-6-12-21-15/h3-6,8-10,12,16H,7,11,13H2,1-2H3,(H,18,20). The van der Waals surface area contributed by atoms with Crippen LogP contribution in [0, 0.1) is 0 Å². The third kappa shape index (κ3) is 4.72. The van der Waals surface area contributed by atoms with Crippen LogP contribution in [-0.2, 0) is 16.1 Å². The van der Waals surface area contributed by atoms with Crippen LogP contribution >= 0.6 is 0 Å². The molecule has 0 spiro atoms. The van der Waals surface area contributed by atoms with E-state index in [9.17, 15) is 4.79 Å². The molecule has 1 atom stereocenters. The van der Waals surface area contributed by atoms with Crippen LogP contribution in [0.5, 0.6) is 0 Å². The van der Waals surface area contributed by atoms with Crippen molar-refractivity contribution in [1.29, 1.82) is 0 Å². The largest absolute Gasteiger partial charge is 0.469 e. The second-order valence-electron chi connectivity index (χ2n) is 5.27. The minimum absolute atomic E-state index is 0.172. The summed E-state index contributed by atoms with van der Waals surface area (Å²) in [7, 11) is 3.74. The van der Waals surface area contributed by atoms with Crippen molar-refractivity contribution in [1.82, 2.24) is 10.4 Å². The van der Waals surface area contributed by atoms with Gasteiger partial charge < -0.3 is 4.42 Å². The Morgan fingerprint density at radius 3 is 2.64 bits per heavy atom. The van der Waals surface area contributed by atoms with E-state index < -0.39 is 0 Å². The lowest BCUT2D eigenvalue weighted by Crippen LogP contribution is -2.37. The maximum absolute atomic E-state index is 12.3. The highest BCUT2D eigenvalue weighted by Gasteiger charge is 2.22. The molecule has 0 saturated carbocycles. The molecule has 1 amide bonds. The van der Waals surface area contributed by atoms with Gasteiger partial charge in [0.1, 0.15) is 11.8 Å². The lowest BCUT2D eigenvalue weighted by molar-refractivity contribution is -0.138. The SMILES string of the molecule is CN(C)C(C(=O)NOCCCc1ccco1)c1ccccc1. The predicted molar refractivity (Wildman–Crippen MR) is 84.0 cm³/mol. The lowest BCUT2D eigenvalue weighted by atomic mass is 10.1. The summed E-state index contributed by atoms with van der Waals surface area (Å²) in [6.07, 6.45) is 3.23. The van der Waals surface area contributed by atoms with Crippen LogP contribution in [0.3, 0.4) is 0 Å². The van der Waals surface area contributed by atoms with Crippen molar-refractivity contribution in [3.8, 4) is 0 Å². The zero-order chi connectivity index (χ0) is 15.8. The van der Waals surface area contributed by atoms with E-state index in [0.29, 0.717) is 6.61 Å². The molecule has 0 saturated heterocycles. The summed E-state index contributed by atoms with van der Waals surface area (Å²) in [5.41, 5.74) is 3.47. The maximum atomic E-state index is 12.3. The number of nitrogens with one attached hydrogen (secondary N) is 1. The molecule has 22 heavy (non-hydrogen) atoms. The van der Waals surface area contributed by atoms with Gasteiger partial charge in [0.2, 0.25) is 0 Å². The fraction of sp³-hybridized carbons (Fsp3) is 0.353. The molecule has 0 aliphatic rings. The van der Waals surface area contributed by atoms with Crippen LogP contribution < -0.4 is 5.48 Å². The molecule has 1 N–H and O–H groups in total. The highest BCUT2D eigenvalue weighted by atomic mass is 16.6. The van der Waals surface area contributed by atoms with Gasteiger partial charge in [0, 0.05) is 6.42 Å². The number of furan rings is 1. The molecule has 2 aromatic rings. The van der Waals surface area contributed by atoms with Crippen molar-refractivity contribution in [2.45, 2.75) is 18.9 Å². The normalized spacial score (nSPS) is 12.3. The number of amides is 1. The van der Waals surface area contributed by atoms with E-state index >= 15 is 0 Å². The zero-order valence-corrected chi connectivity index (χ0v) is 13.0. The fourth-order valence-corrected chi connectivity index (χ4v) is 2.27. The summed E-state index contributed by atoms with van der Waals surface area (Å²) in [4.78, 5) is 19.4. The minimum Gasteiger partial charge on any atom is -0.469 e. The Hall–Kier alpha value is -2.11. The number of rotatable bonds is 8. The minimum atomic E-state index is -0.369. The van der Waals surface area contributed by atoms with Crippen molar-refractivity contribution in [3.63, 3.8) is 0 Å². The average Bonchev–Trinajstić information content (AvgIpc) is 3.01. The van der Waals surface area contributed by atoms with Crippen molar-refractivity contribution in [2.24, 2.45) is 0 Å². The first-order valence-electron chi connectivity index (χ1n) is 7.34. The molecule has 0 aliphatic carbocycles. The summed E-state index contributed by atoms with van der Waals surface area (Å²) >= 11 is 0. The third-order valence-electron chi connectivity index (χ3n) is 3.30. The van der Waals surface area contributed by atoms with E-state index in [1.165, 1.54) is 0 Å². The second-order valence-corrected chi connectivity index (χ2v) is 5.27. The van der Waals surface area contributed by atoms with Crippen molar-refractivity contribution < 1.29 is 14.0 Å². The second kappa shape index (κ2) is 8.36. The summed E-state index contributed by atoms with van der Waals surface area (Å²) in [5.74, 6) is 0.750. The van der Waals surface area contributed by atoms with Gasteiger partial charge in [-0.3, -0.25) is 14.5 Å². The predicted octanol–water partition coefficient (Wildman–Crippen LogP) is 2.56. The third-order valence-corrected chi connectivity index (χ3v) is 3.30. The molecule has 0 aliphatic heterocycles. The Bertz CT molecular complexity index is 553. The highest BCUT2D eigenvalue weighted by Crippen LogP contribution is 2.17. The van der Waals surface area contributed by atoms with Crippen LogP contribution in [-0.4, -0.2) is 31.5 Å². The molecule has 0 fully saturated rings. The topological polar surface area (TPSA) is 54.7 Å². The van der Waals surface area contributed by atoms with Gasteiger partial charge in [0.15, 0.2) is 0 Å². The van der Waals surface area contributed by atoms with E-state index in [1.54, 1.807) is 6.26 Å². The molecule has 5 nitrogen and oxygen atoms in total. The molecule has 0 radical (unpaired) electrons. The molecule has 1 aromatic heterocycles. The number of benzene rings is 1. The molecule has 1 unspecified atom stereocenters. The van der Waals surface area contributed by atoms with Crippen molar-refractivity contribution in [3.05, 3.63) is 60.1 Å². The van der Waals surface area contributed by atoms with Crippen LogP contribution in [0.1, 0.15) is 23.8 Å². The first-order valence-corrected chi connectivity index (χ1v) is 7.34. The molecule has 5 heteroatoms. The van der Waals surface area contributed by atoms with Gasteiger partial charge in [-0.1, -0.05) is 30.3 Å². The van der Waals surface area contributed by atoms with Crippen molar-refractivity contribution >= 4 is 5.91 Å². The van der Waals surface area contributed by atoms with E-state index in [-0.39, 0.29) is 11.9 Å². The molecule has 118 valence electrons. The Labute approximate surface area is 130 Å². The van der Waals surface area contributed by atoms with Gasteiger partial charge in [0.25, 0.3) is 5.91 Å². The van der Waals surface area contributed by atoms with Crippen LogP contribution in [0.2, 0.25) is 0 Å². The lowest BCUT2D eigenvalue weighted by Gasteiger charge is -2.23. The summed E-state index contributed by atoms with van der Waals surface area (Å²) in [5, 5.41) is 0. The summed E-state index contributed by atoms with van der Waals surface area (Å²) in [6, 6.07) is 13.1. The van der Waals surface area contributed by atoms with Gasteiger partial charge in [-0.2, -0.15) is 0 Å². The first kappa shape index (κ1) is 16.3. The number of aryl methyl sites for hydroxylation is 1. The molecule has 2 rings (SSSR count). The van der Waals surface area contributed by atoms with E-state index in [1.807, 2.05) is 61.5 Å². The number of carbonyl (C=O) groups excluding carboxylic acids is 1. The van der Waals surface area contributed by atoms with Gasteiger partial charge in [0.05, 0.1) is 12.9 Å². The van der Waals surface area contributed by atoms with Gasteiger partial charge in [-0.05, 0) is 38.2 Å². The summed E-state index contributed by atoms with van der Waals surface area (Å²) in [6.45, 7) is 0.446. The van der Waals surface area contributed by atoms with Crippen LogP contribution in [0.4, 0.5) is 0 Å². The number of nitrogens with zero attached hydrogens (tertiary/aromatic N) is 1. The van der Waals surface area contributed by atoms with Crippen molar-refractivity contribution in [2.75, 3.05) is 20.7 Å². The number of hydrogen-bond acceptors (Lipinski definition) is 4. The maximum Gasteiger partial charge on any atom is 0.265 e. The molecular weight excluding hydrogens is 280 g/mol. The smallest absolute Gasteiger partial charge is 0.265 e. The summed E-state index contributed by atoms with van der Waals surface area (Å²) < 4.78 is 5.24. The molecule has 0 bridgehead atoms. The monoisotopic (exact) mass is 302 g/mol. The average molecular weight is 302 g/mol. The quantitative estimate of drug-likeness (QED) is 0.601. The zero-order valence-electron chi connectivity index (χ0n) is 13.0. The molecular formula is C17H22N2O3. The van der Waals surface area contributed by atoms with Crippen LogP contribution in [0.25, 0.3) is 0 Å². The van der Waals surface area contributed by atoms with Gasteiger partial charge >= 0.3 is 0 Å². The van der Waals surface area contributed by atoms with E-state index in [0.717, 1.165) is 24.2 Å². The Morgan fingerprint density at radius 2 is 2.00 bits per heavy atom. The first-order chi connectivity index (χ1) is 10.7. The Kier molecular flexibility index (Phi) is 6.18. The Balaban J connectivity index is 1.77. The van der Waals surface area contributed by atoms with Gasteiger partial charge in [-0.15, -0.1) is 0 Å². The van der Waals surface area contributed by atoms with Crippen LogP contribution in [0.15, 0.2) is 53.1 Å². The molecule has 1 heterocycles.